The maximum absolute atomic E-state index is 14.0. The van der Waals surface area contributed by atoms with Crippen LogP contribution in [0.3, 0.4) is 0 Å². The summed E-state index contributed by atoms with van der Waals surface area (Å²) in [6.07, 6.45) is 0. The van der Waals surface area contributed by atoms with E-state index in [1.165, 1.54) is 24.3 Å². The molecule has 1 aliphatic rings. The Morgan fingerprint density at radius 1 is 1.22 bits per heavy atom. The minimum Gasteiger partial charge on any atom is -0.378 e. The molecule has 1 aliphatic heterocycles. The number of benzene rings is 1. The Kier molecular flexibility index (Phi) is 4.77. The highest BCUT2D eigenvalue weighted by molar-refractivity contribution is 7.94. The van der Waals surface area contributed by atoms with Gasteiger partial charge in [0, 0.05) is 18.8 Å². The highest BCUT2D eigenvalue weighted by Gasteiger charge is 2.20. The zero-order valence-electron chi connectivity index (χ0n) is 12.0. The zero-order chi connectivity index (χ0) is 16.4. The number of morpholine rings is 1. The van der Waals surface area contributed by atoms with Gasteiger partial charge in [-0.15, -0.1) is 11.3 Å². The van der Waals surface area contributed by atoms with Gasteiger partial charge in [0.1, 0.15) is 10.0 Å². The molecule has 0 aliphatic carbocycles. The smallest absolute Gasteiger partial charge is 0.271 e. The second-order valence-electron chi connectivity index (χ2n) is 4.93. The minimum atomic E-state index is -3.86. The largest absolute Gasteiger partial charge is 0.378 e. The van der Waals surface area contributed by atoms with Gasteiger partial charge >= 0.3 is 0 Å². The Labute approximate surface area is 142 Å². The third kappa shape index (κ3) is 3.77. The molecule has 1 fully saturated rings. The van der Waals surface area contributed by atoms with E-state index in [0.717, 1.165) is 17.0 Å². The van der Waals surface area contributed by atoms with Crippen LogP contribution in [0.15, 0.2) is 34.5 Å². The lowest BCUT2D eigenvalue weighted by Crippen LogP contribution is -2.36. The van der Waals surface area contributed by atoms with Gasteiger partial charge in [-0.3, -0.25) is 4.72 Å². The molecule has 9 heteroatoms. The normalized spacial score (nSPS) is 15.7. The van der Waals surface area contributed by atoms with E-state index in [0.29, 0.717) is 30.6 Å². The van der Waals surface area contributed by atoms with Crippen LogP contribution >= 0.6 is 22.9 Å². The van der Waals surface area contributed by atoms with Gasteiger partial charge in [-0.25, -0.2) is 12.8 Å². The molecule has 0 spiro atoms. The Morgan fingerprint density at radius 2 is 1.96 bits per heavy atom. The van der Waals surface area contributed by atoms with E-state index < -0.39 is 15.8 Å². The summed E-state index contributed by atoms with van der Waals surface area (Å²) in [5.74, 6) is -0.631. The monoisotopic (exact) mass is 376 g/mol. The number of hydrogen-bond acceptors (Lipinski definition) is 5. The molecule has 0 radical (unpaired) electrons. The van der Waals surface area contributed by atoms with E-state index >= 15 is 0 Å². The third-order valence-electron chi connectivity index (χ3n) is 3.38. The van der Waals surface area contributed by atoms with Crippen LogP contribution in [0.1, 0.15) is 0 Å². The van der Waals surface area contributed by atoms with Crippen molar-refractivity contribution in [2.45, 2.75) is 4.21 Å². The van der Waals surface area contributed by atoms with Crippen molar-refractivity contribution in [3.05, 3.63) is 40.5 Å². The number of halogens is 2. The molecule has 2 heterocycles. The molecule has 0 amide bonds. The lowest BCUT2D eigenvalue weighted by atomic mass is 10.2. The van der Waals surface area contributed by atoms with Crippen LogP contribution in [0.5, 0.6) is 0 Å². The summed E-state index contributed by atoms with van der Waals surface area (Å²) in [5.41, 5.74) is 0.662. The van der Waals surface area contributed by atoms with Gasteiger partial charge in [-0.2, -0.15) is 0 Å². The summed E-state index contributed by atoms with van der Waals surface area (Å²) in [4.78, 5) is 2.02. The maximum atomic E-state index is 14.0. The first-order chi connectivity index (χ1) is 11.0. The number of nitrogens with one attached hydrogen (secondary N) is 1. The second-order valence-corrected chi connectivity index (χ2v) is 8.55. The Balaban J connectivity index is 1.87. The first-order valence-electron chi connectivity index (χ1n) is 6.86. The highest BCUT2D eigenvalue weighted by atomic mass is 35.5. The zero-order valence-corrected chi connectivity index (χ0v) is 14.3. The predicted octanol–water partition coefficient (Wildman–Crippen LogP) is 3.18. The molecule has 2 aromatic rings. The molecule has 1 aromatic heterocycles. The number of nitrogens with zero attached hydrogens (tertiary/aromatic N) is 1. The molecule has 5 nitrogen and oxygen atoms in total. The molecule has 0 bridgehead atoms. The summed E-state index contributed by atoms with van der Waals surface area (Å²) in [5, 5.41) is 0. The van der Waals surface area contributed by atoms with Crippen LogP contribution in [-0.2, 0) is 14.8 Å². The molecule has 0 saturated carbocycles. The van der Waals surface area contributed by atoms with Gasteiger partial charge in [0.05, 0.1) is 23.2 Å². The molecule has 1 saturated heterocycles. The van der Waals surface area contributed by atoms with Crippen LogP contribution in [0.2, 0.25) is 4.34 Å². The van der Waals surface area contributed by atoms with Crippen molar-refractivity contribution in [1.82, 2.24) is 0 Å². The average Bonchev–Trinajstić information content (AvgIpc) is 2.98. The van der Waals surface area contributed by atoms with E-state index in [-0.39, 0.29) is 9.90 Å². The van der Waals surface area contributed by atoms with Crippen molar-refractivity contribution in [2.24, 2.45) is 0 Å². The van der Waals surface area contributed by atoms with Crippen LogP contribution in [0.25, 0.3) is 0 Å². The van der Waals surface area contributed by atoms with Gasteiger partial charge in [-0.05, 0) is 30.3 Å². The highest BCUT2D eigenvalue weighted by Crippen LogP contribution is 2.29. The van der Waals surface area contributed by atoms with Crippen molar-refractivity contribution in [3.63, 3.8) is 0 Å². The number of thiophene rings is 1. The van der Waals surface area contributed by atoms with Crippen LogP contribution in [0, 0.1) is 5.82 Å². The molecule has 3 rings (SSSR count). The number of anilines is 2. The van der Waals surface area contributed by atoms with Gasteiger partial charge in [0.2, 0.25) is 0 Å². The Bertz CT molecular complexity index is 804. The standard InChI is InChI=1S/C14H14ClFN2O3S2/c15-13-3-4-14(22-13)23(19,20)17-12-9-10(1-2-11(12)16)18-5-7-21-8-6-18/h1-4,9,17H,5-8H2. The summed E-state index contributed by atoms with van der Waals surface area (Å²) < 4.78 is 46.5. The third-order valence-corrected chi connectivity index (χ3v) is 6.47. The Morgan fingerprint density at radius 3 is 2.61 bits per heavy atom. The van der Waals surface area contributed by atoms with Crippen molar-refractivity contribution in [1.29, 1.82) is 0 Å². The van der Waals surface area contributed by atoms with Gasteiger partial charge in [0.25, 0.3) is 10.0 Å². The lowest BCUT2D eigenvalue weighted by Gasteiger charge is -2.29. The fourth-order valence-electron chi connectivity index (χ4n) is 2.25. The van der Waals surface area contributed by atoms with E-state index in [1.807, 2.05) is 4.90 Å². The molecule has 0 atom stereocenters. The molecule has 1 aromatic carbocycles. The second kappa shape index (κ2) is 6.64. The SMILES string of the molecule is O=S(=O)(Nc1cc(N2CCOCC2)ccc1F)c1ccc(Cl)s1. The van der Waals surface area contributed by atoms with Gasteiger partial charge < -0.3 is 9.64 Å². The van der Waals surface area contributed by atoms with E-state index in [4.69, 9.17) is 16.3 Å². The molecule has 124 valence electrons. The Hall–Kier alpha value is -1.35. The lowest BCUT2D eigenvalue weighted by molar-refractivity contribution is 0.122. The van der Waals surface area contributed by atoms with Crippen molar-refractivity contribution < 1.29 is 17.5 Å². The van der Waals surface area contributed by atoms with Crippen molar-refractivity contribution in [3.8, 4) is 0 Å². The van der Waals surface area contributed by atoms with Crippen molar-refractivity contribution in [2.75, 3.05) is 35.9 Å². The number of hydrogen-bond donors (Lipinski definition) is 1. The molecular weight excluding hydrogens is 363 g/mol. The quantitative estimate of drug-likeness (QED) is 0.890. The summed E-state index contributed by atoms with van der Waals surface area (Å²) in [7, 11) is -3.86. The van der Waals surface area contributed by atoms with Gasteiger partial charge in [0.15, 0.2) is 0 Å². The van der Waals surface area contributed by atoms with Crippen molar-refractivity contribution >= 4 is 44.3 Å². The van der Waals surface area contributed by atoms with Gasteiger partial charge in [-0.1, -0.05) is 11.6 Å². The van der Waals surface area contributed by atoms with E-state index in [2.05, 4.69) is 4.72 Å². The van der Waals surface area contributed by atoms with Crippen LogP contribution < -0.4 is 9.62 Å². The summed E-state index contributed by atoms with van der Waals surface area (Å²) >= 11 is 6.68. The molecule has 1 N–H and O–H groups in total. The first kappa shape index (κ1) is 16.5. The average molecular weight is 377 g/mol. The topological polar surface area (TPSA) is 58.6 Å². The van der Waals surface area contributed by atoms with E-state index in [9.17, 15) is 12.8 Å². The number of rotatable bonds is 4. The molecule has 0 unspecified atom stereocenters. The predicted molar refractivity (Wildman–Crippen MR) is 89.6 cm³/mol. The fourth-order valence-corrected chi connectivity index (χ4v) is 4.79. The first-order valence-corrected chi connectivity index (χ1v) is 9.54. The fraction of sp³-hybridized carbons (Fsp3) is 0.286. The summed E-state index contributed by atoms with van der Waals surface area (Å²) in [6.45, 7) is 2.54. The van der Waals surface area contributed by atoms with Crippen LogP contribution in [0.4, 0.5) is 15.8 Å². The number of ether oxygens (including phenoxy) is 1. The minimum absolute atomic E-state index is 0.0404. The van der Waals surface area contributed by atoms with E-state index in [1.54, 1.807) is 6.07 Å². The molecule has 23 heavy (non-hydrogen) atoms. The summed E-state index contributed by atoms with van der Waals surface area (Å²) in [6, 6.07) is 7.25. The number of sulfonamides is 1. The maximum Gasteiger partial charge on any atom is 0.271 e. The van der Waals surface area contributed by atoms with Crippen LogP contribution in [-0.4, -0.2) is 34.7 Å². The molecular formula is C14H14ClFN2O3S2.